The summed E-state index contributed by atoms with van der Waals surface area (Å²) in [4.78, 5) is 72.7. The summed E-state index contributed by atoms with van der Waals surface area (Å²) in [6, 6.07) is 0. The maximum absolute atomic E-state index is 13.1. The number of phosphoric acid groups is 2. The van der Waals surface area contributed by atoms with E-state index in [1.807, 2.05) is 0 Å². The summed E-state index contributed by atoms with van der Waals surface area (Å²) in [5, 5.41) is 10.6. The Hall–Kier alpha value is -1.94. The van der Waals surface area contributed by atoms with Crippen molar-refractivity contribution in [2.45, 2.75) is 395 Å². The number of esters is 4. The highest BCUT2D eigenvalue weighted by atomic mass is 31.2. The van der Waals surface area contributed by atoms with Gasteiger partial charge in [0.15, 0.2) is 12.2 Å². The molecule has 0 radical (unpaired) electrons. The van der Waals surface area contributed by atoms with Gasteiger partial charge in [0.2, 0.25) is 0 Å². The molecule has 0 amide bonds. The minimum absolute atomic E-state index is 0.106. The zero-order chi connectivity index (χ0) is 69.6. The Morgan fingerprint density at radius 2 is 0.447 bits per heavy atom. The maximum Gasteiger partial charge on any atom is 0.472 e. The Balaban J connectivity index is 5.23. The van der Waals surface area contributed by atoms with Crippen LogP contribution < -0.4 is 0 Å². The number of aliphatic hydroxyl groups excluding tert-OH is 1. The van der Waals surface area contributed by atoms with Crippen LogP contribution in [-0.4, -0.2) is 96.7 Å². The van der Waals surface area contributed by atoms with Crippen LogP contribution in [0.4, 0.5) is 0 Å². The van der Waals surface area contributed by atoms with E-state index >= 15 is 0 Å². The molecule has 5 atom stereocenters. The lowest BCUT2D eigenvalue weighted by atomic mass is 10.0. The summed E-state index contributed by atoms with van der Waals surface area (Å²) < 4.78 is 68.5. The van der Waals surface area contributed by atoms with Crippen LogP contribution >= 0.6 is 15.6 Å². The molecule has 0 bridgehead atoms. The second-order valence-electron chi connectivity index (χ2n) is 28.9. The summed E-state index contributed by atoms with van der Waals surface area (Å²) in [5.74, 6) is 0.890. The van der Waals surface area contributed by atoms with E-state index in [4.69, 9.17) is 37.0 Å². The molecule has 558 valence electrons. The van der Waals surface area contributed by atoms with Gasteiger partial charge in [-0.15, -0.1) is 0 Å². The highest BCUT2D eigenvalue weighted by Crippen LogP contribution is 2.45. The predicted octanol–water partition coefficient (Wildman–Crippen LogP) is 21.7. The van der Waals surface area contributed by atoms with Gasteiger partial charge in [-0.3, -0.25) is 37.3 Å². The molecule has 0 aliphatic carbocycles. The first-order valence-corrected chi connectivity index (χ1v) is 41.7. The van der Waals surface area contributed by atoms with Gasteiger partial charge in [0.05, 0.1) is 26.4 Å². The number of rotatable bonds is 72. The second kappa shape index (κ2) is 64.4. The van der Waals surface area contributed by atoms with Crippen molar-refractivity contribution >= 4 is 39.5 Å². The molecule has 0 aliphatic rings. The number of carbonyl (C=O) groups is 4. The quantitative estimate of drug-likeness (QED) is 0.0222. The first-order chi connectivity index (χ1) is 45.1. The first kappa shape index (κ1) is 92.1. The van der Waals surface area contributed by atoms with Crippen LogP contribution in [0.1, 0.15) is 376 Å². The molecule has 0 fully saturated rings. The summed E-state index contributed by atoms with van der Waals surface area (Å²) in [7, 11) is -9.91. The number of aliphatic hydroxyl groups is 1. The van der Waals surface area contributed by atoms with E-state index in [-0.39, 0.29) is 25.7 Å². The van der Waals surface area contributed by atoms with Gasteiger partial charge in [0, 0.05) is 25.7 Å². The van der Waals surface area contributed by atoms with E-state index in [0.29, 0.717) is 31.6 Å². The molecule has 0 aromatic carbocycles. The third-order valence-electron chi connectivity index (χ3n) is 17.3. The SMILES string of the molecule is CC(C)CCCCCCCCCCCCCCCCC(=O)O[C@H](COC(=O)CCCCCCCCCCC(C)C)COP(=O)(O)OCC(O)COP(=O)(O)OC[C@@H](COC(=O)CCCCCCCCCC(C)C)OC(=O)CCCCCCCCCCCCCCCC(C)C. The summed E-state index contributed by atoms with van der Waals surface area (Å²) >= 11 is 0. The van der Waals surface area contributed by atoms with Crippen molar-refractivity contribution in [3.05, 3.63) is 0 Å². The summed E-state index contributed by atoms with van der Waals surface area (Å²) in [5.41, 5.74) is 0. The fraction of sp³-hybridized carbons (Fsp3) is 0.947. The molecule has 0 rings (SSSR count). The molecule has 17 nitrogen and oxygen atoms in total. The van der Waals surface area contributed by atoms with E-state index in [1.54, 1.807) is 0 Å². The van der Waals surface area contributed by atoms with Crippen molar-refractivity contribution in [1.82, 2.24) is 0 Å². The Morgan fingerprint density at radius 1 is 0.266 bits per heavy atom. The van der Waals surface area contributed by atoms with Gasteiger partial charge < -0.3 is 33.8 Å². The number of phosphoric ester groups is 2. The molecule has 3 N–H and O–H groups in total. The van der Waals surface area contributed by atoms with Crippen LogP contribution in [0.25, 0.3) is 0 Å². The van der Waals surface area contributed by atoms with E-state index in [9.17, 15) is 43.2 Å². The van der Waals surface area contributed by atoms with Crippen molar-refractivity contribution in [1.29, 1.82) is 0 Å². The molecular weight excluding hydrogens is 1230 g/mol. The monoisotopic (exact) mass is 1380 g/mol. The fourth-order valence-corrected chi connectivity index (χ4v) is 13.0. The summed E-state index contributed by atoms with van der Waals surface area (Å²) in [6.07, 6.45) is 48.7. The van der Waals surface area contributed by atoms with E-state index in [0.717, 1.165) is 114 Å². The zero-order valence-corrected chi connectivity index (χ0v) is 63.4. The van der Waals surface area contributed by atoms with Gasteiger partial charge in [0.25, 0.3) is 0 Å². The molecule has 94 heavy (non-hydrogen) atoms. The maximum atomic E-state index is 13.1. The molecular formula is C75H146O17P2. The minimum Gasteiger partial charge on any atom is -0.462 e. The third-order valence-corrected chi connectivity index (χ3v) is 19.2. The van der Waals surface area contributed by atoms with Gasteiger partial charge in [-0.25, -0.2) is 9.13 Å². The topological polar surface area (TPSA) is 237 Å². The fourth-order valence-electron chi connectivity index (χ4n) is 11.4. The van der Waals surface area contributed by atoms with Gasteiger partial charge in [-0.2, -0.15) is 0 Å². The van der Waals surface area contributed by atoms with E-state index < -0.39 is 97.5 Å². The van der Waals surface area contributed by atoms with Gasteiger partial charge in [-0.05, 0) is 49.4 Å². The van der Waals surface area contributed by atoms with Crippen molar-refractivity contribution in [2.24, 2.45) is 23.7 Å². The second-order valence-corrected chi connectivity index (χ2v) is 31.9. The highest BCUT2D eigenvalue weighted by Gasteiger charge is 2.30. The average Bonchev–Trinajstić information content (AvgIpc) is 1.32. The van der Waals surface area contributed by atoms with Crippen LogP contribution in [0.15, 0.2) is 0 Å². The standard InChI is InChI=1S/C75H146O17P2/c1-65(2)51-43-35-27-20-16-12-9-10-14-18-22-32-41-49-57-74(79)91-70(61-85-72(77)55-47-39-31-25-24-29-37-45-53-67(5)6)63-89-93(81,82)87-59-69(76)60-88-94(83,84)90-64-71(62-86-73(78)56-48-40-34-26-30-38-46-54-68(7)8)92-75(80)58-50-42-33-23-19-15-11-13-17-21-28-36-44-52-66(3)4/h65-71,76H,9-64H2,1-8H3,(H,81,82)(H,83,84)/t69?,70-,71-/m1/s1. The van der Waals surface area contributed by atoms with Crippen molar-refractivity contribution < 1.29 is 80.2 Å². The Bertz CT molecular complexity index is 1850. The lowest BCUT2D eigenvalue weighted by molar-refractivity contribution is -0.161. The van der Waals surface area contributed by atoms with Crippen LogP contribution in [0, 0.1) is 23.7 Å². The highest BCUT2D eigenvalue weighted by molar-refractivity contribution is 7.47. The van der Waals surface area contributed by atoms with Crippen LogP contribution in [-0.2, 0) is 65.4 Å². The van der Waals surface area contributed by atoms with E-state index in [2.05, 4.69) is 55.4 Å². The molecule has 0 aromatic heterocycles. The Morgan fingerprint density at radius 3 is 0.660 bits per heavy atom. The lowest BCUT2D eigenvalue weighted by Gasteiger charge is -2.21. The van der Waals surface area contributed by atoms with Crippen molar-refractivity contribution in [3.8, 4) is 0 Å². The first-order valence-electron chi connectivity index (χ1n) is 38.7. The third kappa shape index (κ3) is 68.6. The average molecular weight is 1380 g/mol. The molecule has 3 unspecified atom stereocenters. The molecule has 0 aliphatic heterocycles. The van der Waals surface area contributed by atoms with Crippen LogP contribution in [0.2, 0.25) is 0 Å². The van der Waals surface area contributed by atoms with Gasteiger partial charge >= 0.3 is 39.5 Å². The van der Waals surface area contributed by atoms with E-state index in [1.165, 1.54) is 173 Å². The smallest absolute Gasteiger partial charge is 0.462 e. The molecule has 0 saturated carbocycles. The number of unbranched alkanes of at least 4 members (excludes halogenated alkanes) is 38. The number of hydrogen-bond acceptors (Lipinski definition) is 15. The molecule has 0 heterocycles. The van der Waals surface area contributed by atoms with Gasteiger partial charge in [-0.1, -0.05) is 325 Å². The zero-order valence-electron chi connectivity index (χ0n) is 61.6. The summed E-state index contributed by atoms with van der Waals surface area (Å²) in [6.45, 7) is 14.1. The molecule has 0 aromatic rings. The van der Waals surface area contributed by atoms with Gasteiger partial charge in [0.1, 0.15) is 19.3 Å². The number of ether oxygens (including phenoxy) is 4. The van der Waals surface area contributed by atoms with Crippen molar-refractivity contribution in [2.75, 3.05) is 39.6 Å². The largest absolute Gasteiger partial charge is 0.472 e. The van der Waals surface area contributed by atoms with Crippen LogP contribution in [0.3, 0.4) is 0 Å². The lowest BCUT2D eigenvalue weighted by Crippen LogP contribution is -2.30. The molecule has 0 spiro atoms. The van der Waals surface area contributed by atoms with Crippen molar-refractivity contribution in [3.63, 3.8) is 0 Å². The number of hydrogen-bond donors (Lipinski definition) is 3. The minimum atomic E-state index is -4.96. The number of carbonyl (C=O) groups excluding carboxylic acids is 4. The Labute approximate surface area is 575 Å². The van der Waals surface area contributed by atoms with Crippen LogP contribution in [0.5, 0.6) is 0 Å². The normalized spacial score (nSPS) is 14.2. The Kier molecular flexibility index (Phi) is 63.1. The predicted molar refractivity (Wildman–Crippen MR) is 381 cm³/mol. The molecule has 19 heteroatoms. The molecule has 0 saturated heterocycles.